The molecule has 1 saturated heterocycles. The fraction of sp³-hybridized carbons (Fsp3) is 0.909. The summed E-state index contributed by atoms with van der Waals surface area (Å²) in [6, 6.07) is 0. The van der Waals surface area contributed by atoms with Crippen LogP contribution < -0.4 is 0 Å². The Morgan fingerprint density at radius 2 is 1.44 bits per heavy atom. The summed E-state index contributed by atoms with van der Waals surface area (Å²) < 4.78 is 11.0. The number of rotatable bonds is 16. The quantitative estimate of drug-likeness (QED) is 0.278. The van der Waals surface area contributed by atoms with E-state index in [2.05, 4.69) is 19.1 Å². The van der Waals surface area contributed by atoms with Gasteiger partial charge < -0.3 is 24.8 Å². The maximum absolute atomic E-state index is 9.99. The Morgan fingerprint density at radius 3 is 2.00 bits per heavy atom. The van der Waals surface area contributed by atoms with Crippen LogP contribution in [0.5, 0.6) is 0 Å². The summed E-state index contributed by atoms with van der Waals surface area (Å²) in [5.41, 5.74) is 0. The molecule has 4 atom stereocenters. The van der Waals surface area contributed by atoms with Crippen LogP contribution >= 0.6 is 0 Å². The van der Waals surface area contributed by atoms with Gasteiger partial charge in [-0.2, -0.15) is 0 Å². The van der Waals surface area contributed by atoms with Crippen LogP contribution in [-0.4, -0.2) is 59.6 Å². The Balaban J connectivity index is 1.88. The van der Waals surface area contributed by atoms with Crippen molar-refractivity contribution in [3.63, 3.8) is 0 Å². The summed E-state index contributed by atoms with van der Waals surface area (Å²) in [4.78, 5) is 0. The lowest BCUT2D eigenvalue weighted by Crippen LogP contribution is -2.55. The zero-order valence-corrected chi connectivity index (χ0v) is 17.2. The lowest BCUT2D eigenvalue weighted by Gasteiger charge is -2.37. The van der Waals surface area contributed by atoms with Crippen LogP contribution in [0.4, 0.5) is 0 Å². The second-order valence-corrected chi connectivity index (χ2v) is 7.69. The molecule has 0 bridgehead atoms. The van der Waals surface area contributed by atoms with Crippen molar-refractivity contribution in [1.82, 2.24) is 0 Å². The predicted molar refractivity (Wildman–Crippen MR) is 109 cm³/mol. The molecule has 160 valence electrons. The Bertz CT molecular complexity index is 359. The average Bonchev–Trinajstić information content (AvgIpc) is 2.68. The normalized spacial score (nSPS) is 26.1. The fourth-order valence-electron chi connectivity index (χ4n) is 3.56. The van der Waals surface area contributed by atoms with Crippen LogP contribution in [0.3, 0.4) is 0 Å². The number of unbranched alkanes of at least 4 members (excludes halogenated alkanes) is 11. The highest BCUT2D eigenvalue weighted by Crippen LogP contribution is 2.19. The summed E-state index contributed by atoms with van der Waals surface area (Å²) >= 11 is 0. The topological polar surface area (TPSA) is 79.2 Å². The number of hydrogen-bond acceptors (Lipinski definition) is 5. The van der Waals surface area contributed by atoms with E-state index in [1.54, 1.807) is 0 Å². The molecule has 1 heterocycles. The Kier molecular flexibility index (Phi) is 15.0. The first-order chi connectivity index (χ1) is 13.2. The first-order valence-corrected chi connectivity index (χ1v) is 11.0. The minimum Gasteiger partial charge on any atom is -0.394 e. The smallest absolute Gasteiger partial charge is 0.114 e. The SMILES string of the molecule is C/C=C/CCCCCCCCCCCCCO[C@H]1[C@H](O)[C@@H](O)CO[C@@H]1CO. The largest absolute Gasteiger partial charge is 0.394 e. The molecule has 0 aromatic rings. The van der Waals surface area contributed by atoms with Gasteiger partial charge in [0.05, 0.1) is 13.2 Å². The number of hydrogen-bond donors (Lipinski definition) is 3. The molecule has 0 aromatic heterocycles. The molecule has 27 heavy (non-hydrogen) atoms. The third-order valence-electron chi connectivity index (χ3n) is 5.32. The predicted octanol–water partition coefficient (Wildman–Crippen LogP) is 3.74. The second kappa shape index (κ2) is 16.5. The maximum atomic E-state index is 9.99. The van der Waals surface area contributed by atoms with Crippen LogP contribution in [0.15, 0.2) is 12.2 Å². The van der Waals surface area contributed by atoms with Crippen molar-refractivity contribution in [3.05, 3.63) is 12.2 Å². The lowest BCUT2D eigenvalue weighted by atomic mass is 10.0. The first-order valence-electron chi connectivity index (χ1n) is 11.0. The lowest BCUT2D eigenvalue weighted by molar-refractivity contribution is -0.211. The van der Waals surface area contributed by atoms with E-state index in [4.69, 9.17) is 9.47 Å². The molecule has 0 saturated carbocycles. The minimum atomic E-state index is -0.987. The van der Waals surface area contributed by atoms with Gasteiger partial charge in [-0.25, -0.2) is 0 Å². The molecule has 0 aromatic carbocycles. The van der Waals surface area contributed by atoms with Gasteiger partial charge in [0.1, 0.15) is 24.4 Å². The van der Waals surface area contributed by atoms with Crippen molar-refractivity contribution in [2.24, 2.45) is 0 Å². The monoisotopic (exact) mass is 386 g/mol. The molecule has 1 aliphatic rings. The summed E-state index contributed by atoms with van der Waals surface area (Å²) in [7, 11) is 0. The van der Waals surface area contributed by atoms with Gasteiger partial charge in [0.25, 0.3) is 0 Å². The standard InChI is InChI=1S/C22H42O5/c1-2-3-4-5-6-7-8-9-10-11-12-13-14-15-16-26-22-20(17-23)27-18-19(24)21(22)25/h2-3,19-25H,4-18H2,1H3/b3-2+/t19-,20+,21+,22+/m0/s1. The number of aliphatic hydroxyl groups excluding tert-OH is 3. The van der Waals surface area contributed by atoms with E-state index in [0.29, 0.717) is 6.61 Å². The zero-order valence-electron chi connectivity index (χ0n) is 17.2. The van der Waals surface area contributed by atoms with E-state index in [1.807, 2.05) is 0 Å². The van der Waals surface area contributed by atoms with Gasteiger partial charge in [-0.3, -0.25) is 0 Å². The first kappa shape index (κ1) is 24.6. The number of aliphatic hydroxyl groups is 3. The molecule has 0 spiro atoms. The molecular formula is C22H42O5. The van der Waals surface area contributed by atoms with Gasteiger partial charge in [-0.05, 0) is 26.2 Å². The molecule has 0 unspecified atom stereocenters. The maximum Gasteiger partial charge on any atom is 0.114 e. The van der Waals surface area contributed by atoms with Crippen molar-refractivity contribution in [1.29, 1.82) is 0 Å². The van der Waals surface area contributed by atoms with Crippen LogP contribution in [0.1, 0.15) is 84.0 Å². The Morgan fingerprint density at radius 1 is 0.889 bits per heavy atom. The highest BCUT2D eigenvalue weighted by Gasteiger charge is 2.39. The van der Waals surface area contributed by atoms with Crippen LogP contribution in [-0.2, 0) is 9.47 Å². The molecule has 0 radical (unpaired) electrons. The summed E-state index contributed by atoms with van der Waals surface area (Å²) in [6.45, 7) is 2.45. The molecule has 5 nitrogen and oxygen atoms in total. The second-order valence-electron chi connectivity index (χ2n) is 7.69. The van der Waals surface area contributed by atoms with Crippen LogP contribution in [0.25, 0.3) is 0 Å². The van der Waals surface area contributed by atoms with Crippen molar-refractivity contribution in [2.45, 2.75) is 108 Å². The number of allylic oxidation sites excluding steroid dienone is 2. The fourth-order valence-corrected chi connectivity index (χ4v) is 3.56. The van der Waals surface area contributed by atoms with Gasteiger partial charge in [0, 0.05) is 6.61 Å². The van der Waals surface area contributed by atoms with Gasteiger partial charge in [-0.1, -0.05) is 69.9 Å². The zero-order chi connectivity index (χ0) is 19.7. The van der Waals surface area contributed by atoms with E-state index in [1.165, 1.54) is 64.2 Å². The van der Waals surface area contributed by atoms with E-state index < -0.39 is 24.4 Å². The van der Waals surface area contributed by atoms with Gasteiger partial charge in [-0.15, -0.1) is 0 Å². The molecule has 1 aliphatic heterocycles. The minimum absolute atomic E-state index is 0.0441. The van der Waals surface area contributed by atoms with E-state index in [9.17, 15) is 15.3 Å². The molecule has 3 N–H and O–H groups in total. The molecule has 0 amide bonds. The van der Waals surface area contributed by atoms with Crippen LogP contribution in [0, 0.1) is 0 Å². The van der Waals surface area contributed by atoms with Crippen molar-refractivity contribution in [3.8, 4) is 0 Å². The van der Waals surface area contributed by atoms with Gasteiger partial charge >= 0.3 is 0 Å². The van der Waals surface area contributed by atoms with E-state index in [-0.39, 0.29) is 13.2 Å². The number of ether oxygens (including phenoxy) is 2. The highest BCUT2D eigenvalue weighted by atomic mass is 16.6. The van der Waals surface area contributed by atoms with Crippen molar-refractivity contribution in [2.75, 3.05) is 19.8 Å². The third kappa shape index (κ3) is 11.2. The summed E-state index contributed by atoms with van der Waals surface area (Å²) in [6.07, 6.45) is 16.5. The molecule has 1 rings (SSSR count). The summed E-state index contributed by atoms with van der Waals surface area (Å²) in [5, 5.41) is 28.9. The third-order valence-corrected chi connectivity index (χ3v) is 5.32. The van der Waals surface area contributed by atoms with E-state index >= 15 is 0 Å². The van der Waals surface area contributed by atoms with Crippen molar-refractivity contribution >= 4 is 0 Å². The average molecular weight is 387 g/mol. The van der Waals surface area contributed by atoms with Gasteiger partial charge in [0.15, 0.2) is 0 Å². The Hall–Kier alpha value is -0.460. The molecular weight excluding hydrogens is 344 g/mol. The van der Waals surface area contributed by atoms with E-state index in [0.717, 1.165) is 12.8 Å². The molecule has 5 heteroatoms. The van der Waals surface area contributed by atoms with Gasteiger partial charge in [0.2, 0.25) is 0 Å². The Labute approximate surface area is 165 Å². The van der Waals surface area contributed by atoms with Crippen molar-refractivity contribution < 1.29 is 24.8 Å². The highest BCUT2D eigenvalue weighted by molar-refractivity contribution is 4.87. The van der Waals surface area contributed by atoms with Crippen LogP contribution in [0.2, 0.25) is 0 Å². The molecule has 1 fully saturated rings. The summed E-state index contributed by atoms with van der Waals surface area (Å²) in [5.74, 6) is 0. The molecule has 0 aliphatic carbocycles.